The van der Waals surface area contributed by atoms with Gasteiger partial charge in [0.25, 0.3) is 10.2 Å². The standard InChI is InChI=1S/C13H28N4O2S/c1-11(2)9-17(8-6-13(14)15)20(18,19)16-7-4-5-12(3)10-16/h11-12H,4-10H2,1-3H3,(H3,14,15). The van der Waals surface area contributed by atoms with Gasteiger partial charge < -0.3 is 5.73 Å². The quantitative estimate of drug-likeness (QED) is 0.548. The second kappa shape index (κ2) is 7.38. The van der Waals surface area contributed by atoms with Gasteiger partial charge in [-0.1, -0.05) is 20.8 Å². The monoisotopic (exact) mass is 304 g/mol. The highest BCUT2D eigenvalue weighted by atomic mass is 32.2. The van der Waals surface area contributed by atoms with Crippen LogP contribution in [-0.2, 0) is 10.2 Å². The maximum Gasteiger partial charge on any atom is 0.282 e. The van der Waals surface area contributed by atoms with Gasteiger partial charge in [-0.3, -0.25) is 5.41 Å². The lowest BCUT2D eigenvalue weighted by atomic mass is 10.0. The summed E-state index contributed by atoms with van der Waals surface area (Å²) in [6.45, 7) is 8.04. The largest absolute Gasteiger partial charge is 0.388 e. The summed E-state index contributed by atoms with van der Waals surface area (Å²) in [6.07, 6.45) is 2.29. The van der Waals surface area contributed by atoms with Gasteiger partial charge in [-0.25, -0.2) is 0 Å². The average Bonchev–Trinajstić information content (AvgIpc) is 2.33. The van der Waals surface area contributed by atoms with Gasteiger partial charge in [-0.15, -0.1) is 0 Å². The van der Waals surface area contributed by atoms with Crippen LogP contribution < -0.4 is 5.73 Å². The average molecular weight is 304 g/mol. The Bertz CT molecular complexity index is 422. The molecule has 0 aliphatic carbocycles. The predicted octanol–water partition coefficient (Wildman–Crippen LogP) is 1.25. The molecule has 1 fully saturated rings. The number of nitrogens with two attached hydrogens (primary N) is 1. The fraction of sp³-hybridized carbons (Fsp3) is 0.923. The Labute approximate surface area is 123 Å². The lowest BCUT2D eigenvalue weighted by molar-refractivity contribution is 0.253. The molecule has 1 unspecified atom stereocenters. The molecule has 1 atom stereocenters. The van der Waals surface area contributed by atoms with Crippen molar-refractivity contribution >= 4 is 16.0 Å². The molecule has 0 saturated carbocycles. The molecule has 1 aliphatic rings. The van der Waals surface area contributed by atoms with E-state index in [1.54, 1.807) is 4.31 Å². The second-order valence-corrected chi connectivity index (χ2v) is 8.07. The third-order valence-electron chi connectivity index (χ3n) is 3.47. The van der Waals surface area contributed by atoms with E-state index in [1.165, 1.54) is 4.31 Å². The minimum absolute atomic E-state index is 0.0287. The van der Waals surface area contributed by atoms with Crippen molar-refractivity contribution < 1.29 is 8.42 Å². The molecule has 20 heavy (non-hydrogen) atoms. The highest BCUT2D eigenvalue weighted by molar-refractivity contribution is 7.86. The van der Waals surface area contributed by atoms with Gasteiger partial charge in [0.05, 0.1) is 5.84 Å². The first-order chi connectivity index (χ1) is 9.23. The molecule has 1 saturated heterocycles. The maximum absolute atomic E-state index is 12.7. The van der Waals surface area contributed by atoms with Gasteiger partial charge in [-0.2, -0.15) is 17.0 Å². The van der Waals surface area contributed by atoms with Crippen LogP contribution in [0.1, 0.15) is 40.0 Å². The van der Waals surface area contributed by atoms with E-state index < -0.39 is 10.2 Å². The maximum atomic E-state index is 12.7. The summed E-state index contributed by atoms with van der Waals surface area (Å²) >= 11 is 0. The highest BCUT2D eigenvalue weighted by Crippen LogP contribution is 2.21. The van der Waals surface area contributed by atoms with Crippen LogP contribution in [0.2, 0.25) is 0 Å². The number of amidine groups is 1. The molecule has 0 amide bonds. The molecule has 7 heteroatoms. The van der Waals surface area contributed by atoms with E-state index in [2.05, 4.69) is 6.92 Å². The van der Waals surface area contributed by atoms with Crippen molar-refractivity contribution in [3.8, 4) is 0 Å². The molecule has 0 aromatic carbocycles. The molecule has 3 N–H and O–H groups in total. The van der Waals surface area contributed by atoms with Crippen LogP contribution in [0, 0.1) is 17.2 Å². The molecule has 1 heterocycles. The zero-order valence-corrected chi connectivity index (χ0v) is 13.6. The number of nitrogens with one attached hydrogen (secondary N) is 1. The van der Waals surface area contributed by atoms with Crippen LogP contribution in [0.3, 0.4) is 0 Å². The summed E-state index contributed by atoms with van der Waals surface area (Å²) in [5.74, 6) is 0.687. The van der Waals surface area contributed by atoms with Crippen molar-refractivity contribution in [3.05, 3.63) is 0 Å². The van der Waals surface area contributed by atoms with Crippen LogP contribution in [0.25, 0.3) is 0 Å². The lowest BCUT2D eigenvalue weighted by Crippen LogP contribution is -2.49. The van der Waals surface area contributed by atoms with Crippen molar-refractivity contribution in [1.82, 2.24) is 8.61 Å². The van der Waals surface area contributed by atoms with Crippen LogP contribution in [0.15, 0.2) is 0 Å². The van der Waals surface area contributed by atoms with E-state index in [4.69, 9.17) is 11.1 Å². The molecular formula is C13H28N4O2S. The van der Waals surface area contributed by atoms with Gasteiger partial charge in [0.15, 0.2) is 0 Å². The summed E-state index contributed by atoms with van der Waals surface area (Å²) in [7, 11) is -3.43. The minimum atomic E-state index is -3.43. The molecular weight excluding hydrogens is 276 g/mol. The van der Waals surface area contributed by atoms with E-state index in [1.807, 2.05) is 13.8 Å². The second-order valence-electron chi connectivity index (χ2n) is 6.14. The van der Waals surface area contributed by atoms with Gasteiger partial charge in [0.1, 0.15) is 0 Å². The number of hydrogen-bond acceptors (Lipinski definition) is 3. The Kier molecular flexibility index (Phi) is 6.42. The third-order valence-corrected chi connectivity index (χ3v) is 5.44. The lowest BCUT2D eigenvalue weighted by Gasteiger charge is -2.35. The fourth-order valence-electron chi connectivity index (χ4n) is 2.47. The fourth-order valence-corrected chi connectivity index (χ4v) is 4.41. The van der Waals surface area contributed by atoms with Crippen LogP contribution >= 0.6 is 0 Å². The molecule has 6 nitrogen and oxygen atoms in total. The van der Waals surface area contributed by atoms with Crippen molar-refractivity contribution in [2.24, 2.45) is 17.6 Å². The third kappa shape index (κ3) is 5.03. The van der Waals surface area contributed by atoms with Gasteiger partial charge in [-0.05, 0) is 24.7 Å². The summed E-state index contributed by atoms with van der Waals surface area (Å²) in [6, 6.07) is 0. The first kappa shape index (κ1) is 17.4. The van der Waals surface area contributed by atoms with E-state index in [9.17, 15) is 8.42 Å². The summed E-state index contributed by atoms with van der Waals surface area (Å²) in [5, 5.41) is 7.29. The van der Waals surface area contributed by atoms with Crippen molar-refractivity contribution in [2.75, 3.05) is 26.2 Å². The Balaban J connectivity index is 2.82. The van der Waals surface area contributed by atoms with Crippen LogP contribution in [0.5, 0.6) is 0 Å². The predicted molar refractivity (Wildman–Crippen MR) is 81.8 cm³/mol. The van der Waals surface area contributed by atoms with Crippen molar-refractivity contribution in [2.45, 2.75) is 40.0 Å². The van der Waals surface area contributed by atoms with Crippen molar-refractivity contribution in [1.29, 1.82) is 5.41 Å². The van der Waals surface area contributed by atoms with E-state index in [0.717, 1.165) is 12.8 Å². The Morgan fingerprint density at radius 3 is 2.65 bits per heavy atom. The number of piperidine rings is 1. The van der Waals surface area contributed by atoms with Gasteiger partial charge in [0.2, 0.25) is 0 Å². The Hall–Kier alpha value is -0.660. The highest BCUT2D eigenvalue weighted by Gasteiger charge is 2.32. The Morgan fingerprint density at radius 2 is 2.15 bits per heavy atom. The van der Waals surface area contributed by atoms with E-state index in [0.29, 0.717) is 32.1 Å². The summed E-state index contributed by atoms with van der Waals surface area (Å²) < 4.78 is 28.5. The number of rotatable bonds is 7. The summed E-state index contributed by atoms with van der Waals surface area (Å²) in [5.41, 5.74) is 5.36. The van der Waals surface area contributed by atoms with E-state index >= 15 is 0 Å². The molecule has 0 bridgehead atoms. The minimum Gasteiger partial charge on any atom is -0.388 e. The molecule has 118 valence electrons. The van der Waals surface area contributed by atoms with Gasteiger partial charge >= 0.3 is 0 Å². The molecule has 0 radical (unpaired) electrons. The van der Waals surface area contributed by atoms with Gasteiger partial charge in [0, 0.05) is 32.6 Å². The molecule has 0 aromatic rings. The smallest absolute Gasteiger partial charge is 0.282 e. The summed E-state index contributed by atoms with van der Waals surface area (Å²) in [4.78, 5) is 0. The molecule has 1 rings (SSSR count). The molecule has 1 aliphatic heterocycles. The first-order valence-electron chi connectivity index (χ1n) is 7.31. The SMILES string of the molecule is CC(C)CN(CCC(=N)N)S(=O)(=O)N1CCCC(C)C1. The normalized spacial score (nSPS) is 21.6. The zero-order valence-electron chi connectivity index (χ0n) is 12.8. The van der Waals surface area contributed by atoms with Crippen molar-refractivity contribution in [3.63, 3.8) is 0 Å². The first-order valence-corrected chi connectivity index (χ1v) is 8.71. The zero-order chi connectivity index (χ0) is 15.3. The van der Waals surface area contributed by atoms with E-state index in [-0.39, 0.29) is 18.2 Å². The van der Waals surface area contributed by atoms with Crippen LogP contribution in [0.4, 0.5) is 0 Å². The molecule has 0 spiro atoms. The topological polar surface area (TPSA) is 90.5 Å². The molecule has 0 aromatic heterocycles. The Morgan fingerprint density at radius 1 is 1.50 bits per heavy atom. The van der Waals surface area contributed by atoms with Crippen LogP contribution in [-0.4, -0.2) is 49.0 Å². The number of hydrogen-bond donors (Lipinski definition) is 2. The number of nitrogens with zero attached hydrogens (tertiary/aromatic N) is 2.